The number of aromatic nitrogens is 2. The summed E-state index contributed by atoms with van der Waals surface area (Å²) in [7, 11) is 0. The minimum atomic E-state index is -0.346. The zero-order chi connectivity index (χ0) is 20.9. The molecule has 1 atom stereocenters. The molecule has 2 aromatic heterocycles. The highest BCUT2D eigenvalue weighted by Crippen LogP contribution is 2.27. The number of hydrogen-bond acceptors (Lipinski definition) is 6. The number of pyridine rings is 1. The lowest BCUT2D eigenvalue weighted by atomic mass is 10.2. The average molecular weight is 439 g/mol. The van der Waals surface area contributed by atoms with Gasteiger partial charge in [-0.1, -0.05) is 42.1 Å². The zero-order valence-electron chi connectivity index (χ0n) is 16.6. The Balaban J connectivity index is 1.33. The zero-order valence-corrected chi connectivity index (χ0v) is 18.2. The van der Waals surface area contributed by atoms with E-state index in [4.69, 9.17) is 0 Å². The lowest BCUT2D eigenvalue weighted by Gasteiger charge is -2.15. The molecule has 1 fully saturated rings. The molecule has 0 bridgehead atoms. The molecule has 1 aliphatic rings. The summed E-state index contributed by atoms with van der Waals surface area (Å²) in [6.07, 6.45) is 3.72. The molecule has 1 N–H and O–H groups in total. The molecule has 30 heavy (non-hydrogen) atoms. The van der Waals surface area contributed by atoms with Gasteiger partial charge in [-0.05, 0) is 31.9 Å². The van der Waals surface area contributed by atoms with Gasteiger partial charge in [0.15, 0.2) is 5.13 Å². The summed E-state index contributed by atoms with van der Waals surface area (Å²) in [4.78, 5) is 35.7. The fraction of sp³-hybridized carbons (Fsp3) is 0.273. The van der Waals surface area contributed by atoms with Gasteiger partial charge < -0.3 is 10.2 Å². The highest BCUT2D eigenvalue weighted by atomic mass is 32.2. The van der Waals surface area contributed by atoms with Gasteiger partial charge in [-0.2, -0.15) is 0 Å². The molecule has 0 radical (unpaired) electrons. The van der Waals surface area contributed by atoms with Crippen molar-refractivity contribution in [1.29, 1.82) is 0 Å². The normalized spacial score (nSPS) is 14.5. The fourth-order valence-electron chi connectivity index (χ4n) is 3.19. The molecule has 4 rings (SSSR count). The second-order valence-electron chi connectivity index (χ2n) is 7.04. The van der Waals surface area contributed by atoms with Gasteiger partial charge >= 0.3 is 0 Å². The van der Waals surface area contributed by atoms with E-state index in [0.717, 1.165) is 37.2 Å². The Hall–Kier alpha value is -2.71. The van der Waals surface area contributed by atoms with Gasteiger partial charge in [0.25, 0.3) is 5.91 Å². The van der Waals surface area contributed by atoms with Crippen molar-refractivity contribution in [2.75, 3.05) is 18.4 Å². The number of benzene rings is 1. The van der Waals surface area contributed by atoms with Gasteiger partial charge in [-0.3, -0.25) is 9.59 Å². The number of hydrogen-bond donors (Lipinski definition) is 1. The van der Waals surface area contributed by atoms with Crippen LogP contribution in [0.5, 0.6) is 0 Å². The van der Waals surface area contributed by atoms with Crippen LogP contribution in [0.3, 0.4) is 0 Å². The quantitative estimate of drug-likeness (QED) is 0.571. The smallest absolute Gasteiger partial charge is 0.255 e. The van der Waals surface area contributed by atoms with Gasteiger partial charge in [0.05, 0.1) is 21.5 Å². The van der Waals surface area contributed by atoms with Gasteiger partial charge in [0.2, 0.25) is 5.91 Å². The molecule has 1 unspecified atom stereocenters. The number of likely N-dealkylation sites (tertiary alicyclic amines) is 1. The first-order valence-corrected chi connectivity index (χ1v) is 11.6. The summed E-state index contributed by atoms with van der Waals surface area (Å²) < 4.78 is 0. The van der Waals surface area contributed by atoms with E-state index in [9.17, 15) is 9.59 Å². The highest BCUT2D eigenvalue weighted by Gasteiger charge is 2.21. The molecular weight excluding hydrogens is 416 g/mol. The molecule has 0 saturated carbocycles. The van der Waals surface area contributed by atoms with E-state index >= 15 is 0 Å². The first kappa shape index (κ1) is 20.6. The summed E-state index contributed by atoms with van der Waals surface area (Å²) in [6, 6.07) is 13.4. The number of thiazole rings is 1. The first-order chi connectivity index (χ1) is 14.6. The molecule has 2 amide bonds. The van der Waals surface area contributed by atoms with Gasteiger partial charge in [-0.25, -0.2) is 9.97 Å². The lowest BCUT2D eigenvalue weighted by molar-refractivity contribution is -0.115. The Kier molecular flexibility index (Phi) is 6.44. The number of carbonyl (C=O) groups is 2. The maximum atomic E-state index is 12.6. The number of nitrogens with one attached hydrogen (secondary N) is 1. The van der Waals surface area contributed by atoms with Crippen LogP contribution < -0.4 is 5.32 Å². The molecule has 1 saturated heterocycles. The van der Waals surface area contributed by atoms with Gasteiger partial charge in [-0.15, -0.1) is 11.3 Å². The summed E-state index contributed by atoms with van der Waals surface area (Å²) in [5, 5.41) is 5.75. The number of nitrogens with zero attached hydrogens (tertiary/aromatic N) is 3. The van der Waals surface area contributed by atoms with Crippen LogP contribution in [0.4, 0.5) is 5.13 Å². The van der Waals surface area contributed by atoms with E-state index in [2.05, 4.69) is 15.3 Å². The minimum absolute atomic E-state index is 0.0281. The molecular formula is C22H22N4O2S2. The molecule has 0 spiro atoms. The number of amides is 2. The highest BCUT2D eigenvalue weighted by molar-refractivity contribution is 8.00. The Morgan fingerprint density at radius 1 is 1.13 bits per heavy atom. The Morgan fingerprint density at radius 3 is 2.60 bits per heavy atom. The molecule has 1 aliphatic heterocycles. The third kappa shape index (κ3) is 4.88. The SMILES string of the molecule is CC(Sc1ccc(C(=O)N2CCCC2)cn1)C(=O)Nc1nc(-c2ccccc2)cs1. The third-order valence-corrected chi connectivity index (χ3v) is 6.66. The molecule has 3 aromatic rings. The van der Waals surface area contributed by atoms with Crippen LogP contribution in [0.25, 0.3) is 11.3 Å². The van der Waals surface area contributed by atoms with Crippen LogP contribution >= 0.6 is 23.1 Å². The summed E-state index contributed by atoms with van der Waals surface area (Å²) in [5.74, 6) is -0.103. The summed E-state index contributed by atoms with van der Waals surface area (Å²) >= 11 is 2.76. The van der Waals surface area contributed by atoms with Crippen LogP contribution in [0.15, 0.2) is 59.1 Å². The topological polar surface area (TPSA) is 75.2 Å². The van der Waals surface area contributed by atoms with Crippen molar-refractivity contribution < 1.29 is 9.59 Å². The fourth-order valence-corrected chi connectivity index (χ4v) is 4.70. The first-order valence-electron chi connectivity index (χ1n) is 9.84. The van der Waals surface area contributed by atoms with E-state index < -0.39 is 0 Å². The predicted molar refractivity (Wildman–Crippen MR) is 121 cm³/mol. The van der Waals surface area contributed by atoms with Crippen LogP contribution in [0.2, 0.25) is 0 Å². The van der Waals surface area contributed by atoms with Crippen molar-refractivity contribution in [2.24, 2.45) is 0 Å². The Bertz CT molecular complexity index is 1020. The average Bonchev–Trinajstić information content (AvgIpc) is 3.47. The van der Waals surface area contributed by atoms with E-state index in [1.165, 1.54) is 23.1 Å². The monoisotopic (exact) mass is 438 g/mol. The largest absolute Gasteiger partial charge is 0.339 e. The Labute approximate surface area is 183 Å². The molecule has 3 heterocycles. The lowest BCUT2D eigenvalue weighted by Crippen LogP contribution is -2.27. The molecule has 1 aromatic carbocycles. The maximum absolute atomic E-state index is 12.6. The molecule has 8 heteroatoms. The van der Waals surface area contributed by atoms with E-state index in [-0.39, 0.29) is 17.1 Å². The van der Waals surface area contributed by atoms with Crippen molar-refractivity contribution in [3.63, 3.8) is 0 Å². The predicted octanol–water partition coefficient (Wildman–Crippen LogP) is 4.56. The summed E-state index contributed by atoms with van der Waals surface area (Å²) in [6.45, 7) is 3.46. The van der Waals surface area contributed by atoms with Crippen LogP contribution in [0.1, 0.15) is 30.1 Å². The standard InChI is InChI=1S/C22H22N4O2S2/c1-15(20(27)25-22-24-18(14-29-22)16-7-3-2-4-8-16)30-19-10-9-17(13-23-19)21(28)26-11-5-6-12-26/h2-4,7-10,13-15H,5-6,11-12H2,1H3,(H,24,25,27). The number of anilines is 1. The number of thioether (sulfide) groups is 1. The second-order valence-corrected chi connectivity index (χ2v) is 9.26. The van der Waals surface area contributed by atoms with E-state index in [1.54, 1.807) is 18.3 Å². The number of carbonyl (C=O) groups excluding carboxylic acids is 2. The van der Waals surface area contributed by atoms with E-state index in [1.807, 2.05) is 47.5 Å². The van der Waals surface area contributed by atoms with Crippen molar-refractivity contribution in [2.45, 2.75) is 30.0 Å². The maximum Gasteiger partial charge on any atom is 0.255 e. The Morgan fingerprint density at radius 2 is 1.90 bits per heavy atom. The van der Waals surface area contributed by atoms with Gasteiger partial charge in [0, 0.05) is 30.2 Å². The van der Waals surface area contributed by atoms with Crippen molar-refractivity contribution >= 4 is 40.0 Å². The van der Waals surface area contributed by atoms with Crippen LogP contribution in [0, 0.1) is 0 Å². The van der Waals surface area contributed by atoms with Crippen molar-refractivity contribution in [3.05, 3.63) is 59.6 Å². The van der Waals surface area contributed by atoms with E-state index in [0.29, 0.717) is 15.7 Å². The number of rotatable bonds is 6. The molecule has 154 valence electrons. The molecule has 6 nitrogen and oxygen atoms in total. The van der Waals surface area contributed by atoms with Crippen molar-refractivity contribution in [1.82, 2.24) is 14.9 Å². The van der Waals surface area contributed by atoms with Crippen LogP contribution in [-0.2, 0) is 4.79 Å². The molecule has 0 aliphatic carbocycles. The third-order valence-electron chi connectivity index (χ3n) is 4.85. The second kappa shape index (κ2) is 9.40. The summed E-state index contributed by atoms with van der Waals surface area (Å²) in [5.41, 5.74) is 2.45. The van der Waals surface area contributed by atoms with Crippen LogP contribution in [-0.4, -0.2) is 45.0 Å². The minimum Gasteiger partial charge on any atom is -0.339 e. The van der Waals surface area contributed by atoms with Crippen molar-refractivity contribution in [3.8, 4) is 11.3 Å². The van der Waals surface area contributed by atoms with Gasteiger partial charge in [0.1, 0.15) is 0 Å².